The van der Waals surface area contributed by atoms with Crippen molar-refractivity contribution in [3.8, 4) is 0 Å². The van der Waals surface area contributed by atoms with Crippen LogP contribution in [0.25, 0.3) is 0 Å². The number of aliphatic hydroxyl groups excluding tert-OH is 1. The normalized spacial score (nSPS) is 16.6. The molecule has 0 aliphatic rings. The van der Waals surface area contributed by atoms with Gasteiger partial charge in [0.1, 0.15) is 0 Å². The summed E-state index contributed by atoms with van der Waals surface area (Å²) in [6.45, 7) is 3.62. The van der Waals surface area contributed by atoms with Gasteiger partial charge in [-0.2, -0.15) is 48.3 Å². The Balaban J connectivity index is 3.16. The average molecular weight is 446 g/mol. The molecule has 0 spiro atoms. The lowest BCUT2D eigenvalue weighted by Crippen LogP contribution is -2.66. The van der Waals surface area contributed by atoms with Crippen LogP contribution < -0.4 is 0 Å². The molecule has 12 heteroatoms. The minimum atomic E-state index is -7.47. The van der Waals surface area contributed by atoms with E-state index in [2.05, 4.69) is 0 Å². The summed E-state index contributed by atoms with van der Waals surface area (Å²) < 4.78 is 143. The molecule has 1 rings (SSSR count). The van der Waals surface area contributed by atoms with Crippen molar-refractivity contribution in [3.63, 3.8) is 0 Å². The minimum Gasteiger partial charge on any atom is -0.388 e. The summed E-state index contributed by atoms with van der Waals surface area (Å²) >= 11 is 0. The van der Waals surface area contributed by atoms with Crippen LogP contribution in [0.15, 0.2) is 24.3 Å². The summed E-state index contributed by atoms with van der Waals surface area (Å²) in [6.07, 6.45) is -11.6. The maximum Gasteiger partial charge on any atom is 0.460 e. The standard InChI is InChI=1S/C17H17F11O/c1-3-9(2)10-4-6-11(7-5-10)12(29)8-13(18,19)14(20,21)15(22,23)16(24,25)17(26,27)28/h4-7,9,12,29H,3,8H2,1-2H3. The van der Waals surface area contributed by atoms with Crippen molar-refractivity contribution in [2.45, 2.75) is 68.6 Å². The molecule has 0 radical (unpaired) electrons. The third kappa shape index (κ3) is 4.46. The molecular weight excluding hydrogens is 429 g/mol. The fourth-order valence-electron chi connectivity index (χ4n) is 2.38. The summed E-state index contributed by atoms with van der Waals surface area (Å²) in [5.41, 5.74) is 0.246. The number of hydrogen-bond acceptors (Lipinski definition) is 1. The summed E-state index contributed by atoms with van der Waals surface area (Å²) in [7, 11) is 0. The maximum absolute atomic E-state index is 13.7. The van der Waals surface area contributed by atoms with Gasteiger partial charge in [0.25, 0.3) is 0 Å². The highest BCUT2D eigenvalue weighted by Crippen LogP contribution is 2.58. The van der Waals surface area contributed by atoms with Gasteiger partial charge in [-0.1, -0.05) is 38.1 Å². The molecule has 29 heavy (non-hydrogen) atoms. The van der Waals surface area contributed by atoms with Gasteiger partial charge < -0.3 is 5.11 Å². The molecule has 0 amide bonds. The highest BCUT2D eigenvalue weighted by atomic mass is 19.4. The van der Waals surface area contributed by atoms with E-state index >= 15 is 0 Å². The number of alkyl halides is 11. The zero-order valence-electron chi connectivity index (χ0n) is 15.0. The molecule has 0 saturated heterocycles. The number of aliphatic hydroxyl groups is 1. The SMILES string of the molecule is CCC(C)c1ccc(C(O)CC(F)(F)C(F)(F)C(F)(F)C(F)(F)C(F)(F)F)cc1. The first-order chi connectivity index (χ1) is 12.8. The predicted molar refractivity (Wildman–Crippen MR) is 80.6 cm³/mol. The Labute approximate surface area is 158 Å². The molecule has 0 saturated carbocycles. The molecule has 0 fully saturated rings. The predicted octanol–water partition coefficient (Wildman–Crippen LogP) is 6.73. The lowest BCUT2D eigenvalue weighted by atomic mass is 9.91. The highest BCUT2D eigenvalue weighted by molar-refractivity contribution is 5.26. The molecule has 2 atom stereocenters. The van der Waals surface area contributed by atoms with Crippen LogP contribution in [-0.4, -0.2) is 35.0 Å². The van der Waals surface area contributed by atoms with Crippen molar-refractivity contribution in [1.29, 1.82) is 0 Å². The molecular formula is C17H17F11O. The van der Waals surface area contributed by atoms with Gasteiger partial charge in [0.15, 0.2) is 0 Å². The first-order valence-electron chi connectivity index (χ1n) is 8.19. The highest BCUT2D eigenvalue weighted by Gasteiger charge is 2.87. The topological polar surface area (TPSA) is 20.2 Å². The number of rotatable bonds is 8. The van der Waals surface area contributed by atoms with Crippen molar-refractivity contribution in [2.75, 3.05) is 0 Å². The van der Waals surface area contributed by atoms with Gasteiger partial charge in [-0.3, -0.25) is 0 Å². The van der Waals surface area contributed by atoms with E-state index in [4.69, 9.17) is 0 Å². The molecule has 168 valence electrons. The van der Waals surface area contributed by atoms with Gasteiger partial charge in [0.05, 0.1) is 6.10 Å². The van der Waals surface area contributed by atoms with Crippen LogP contribution in [0.1, 0.15) is 49.8 Å². The fourth-order valence-corrected chi connectivity index (χ4v) is 2.38. The number of benzene rings is 1. The van der Waals surface area contributed by atoms with E-state index in [0.717, 1.165) is 12.1 Å². The monoisotopic (exact) mass is 446 g/mol. The number of halogens is 11. The largest absolute Gasteiger partial charge is 0.460 e. The molecule has 0 bridgehead atoms. The Bertz CT molecular complexity index is 680. The van der Waals surface area contributed by atoms with Crippen LogP contribution in [0.2, 0.25) is 0 Å². The van der Waals surface area contributed by atoms with Gasteiger partial charge in [-0.25, -0.2) is 0 Å². The molecule has 0 heterocycles. The Morgan fingerprint density at radius 2 is 1.14 bits per heavy atom. The van der Waals surface area contributed by atoms with E-state index in [-0.39, 0.29) is 5.92 Å². The molecule has 1 aromatic rings. The first kappa shape index (κ1) is 25.4. The van der Waals surface area contributed by atoms with E-state index in [1.165, 1.54) is 12.1 Å². The van der Waals surface area contributed by atoms with Crippen LogP contribution in [0, 0.1) is 0 Å². The van der Waals surface area contributed by atoms with Gasteiger partial charge >= 0.3 is 29.9 Å². The lowest BCUT2D eigenvalue weighted by molar-refractivity contribution is -0.423. The van der Waals surface area contributed by atoms with Crippen LogP contribution in [-0.2, 0) is 0 Å². The molecule has 0 aliphatic heterocycles. The van der Waals surface area contributed by atoms with Gasteiger partial charge in [0, 0.05) is 6.42 Å². The van der Waals surface area contributed by atoms with Gasteiger partial charge in [-0.15, -0.1) is 0 Å². The second-order valence-corrected chi connectivity index (χ2v) is 6.62. The first-order valence-corrected chi connectivity index (χ1v) is 8.19. The zero-order chi connectivity index (χ0) is 23.1. The molecule has 1 N–H and O–H groups in total. The van der Waals surface area contributed by atoms with Crippen LogP contribution >= 0.6 is 0 Å². The fraction of sp³-hybridized carbons (Fsp3) is 0.647. The van der Waals surface area contributed by atoms with Crippen molar-refractivity contribution in [3.05, 3.63) is 35.4 Å². The van der Waals surface area contributed by atoms with Crippen LogP contribution in [0.3, 0.4) is 0 Å². The summed E-state index contributed by atoms with van der Waals surface area (Å²) in [4.78, 5) is 0. The Morgan fingerprint density at radius 3 is 1.52 bits per heavy atom. The third-order valence-electron chi connectivity index (χ3n) is 4.56. The maximum atomic E-state index is 13.7. The van der Waals surface area contributed by atoms with Gasteiger partial charge in [-0.05, 0) is 23.5 Å². The van der Waals surface area contributed by atoms with Gasteiger partial charge in [0.2, 0.25) is 0 Å². The van der Waals surface area contributed by atoms with E-state index < -0.39 is 48.0 Å². The van der Waals surface area contributed by atoms with Crippen LogP contribution in [0.4, 0.5) is 48.3 Å². The average Bonchev–Trinajstić information content (AvgIpc) is 2.59. The second-order valence-electron chi connectivity index (χ2n) is 6.62. The second kappa shape index (κ2) is 7.92. The molecule has 1 nitrogen and oxygen atoms in total. The van der Waals surface area contributed by atoms with E-state index in [1.54, 1.807) is 6.92 Å². The summed E-state index contributed by atoms with van der Waals surface area (Å²) in [5, 5.41) is 9.67. The third-order valence-corrected chi connectivity index (χ3v) is 4.56. The summed E-state index contributed by atoms with van der Waals surface area (Å²) in [6, 6.07) is 4.75. The molecule has 2 unspecified atom stereocenters. The van der Waals surface area contributed by atoms with Crippen molar-refractivity contribution in [2.24, 2.45) is 0 Å². The zero-order valence-corrected chi connectivity index (χ0v) is 15.0. The van der Waals surface area contributed by atoms with E-state index in [9.17, 15) is 53.4 Å². The Morgan fingerprint density at radius 1 is 0.724 bits per heavy atom. The quantitative estimate of drug-likeness (QED) is 0.439. The summed E-state index contributed by atoms with van der Waals surface area (Å²) in [5.74, 6) is -28.1. The van der Waals surface area contributed by atoms with Crippen molar-refractivity contribution in [1.82, 2.24) is 0 Å². The molecule has 1 aromatic carbocycles. The smallest absolute Gasteiger partial charge is 0.388 e. The Kier molecular flexibility index (Phi) is 6.95. The Hall–Kier alpha value is -1.59. The van der Waals surface area contributed by atoms with Crippen molar-refractivity contribution >= 4 is 0 Å². The molecule has 0 aliphatic carbocycles. The molecule has 0 aromatic heterocycles. The lowest BCUT2D eigenvalue weighted by Gasteiger charge is -2.37. The van der Waals surface area contributed by atoms with Crippen LogP contribution in [0.5, 0.6) is 0 Å². The van der Waals surface area contributed by atoms with E-state index in [1.807, 2.05) is 6.92 Å². The van der Waals surface area contributed by atoms with E-state index in [0.29, 0.717) is 12.0 Å². The van der Waals surface area contributed by atoms with Crippen molar-refractivity contribution < 1.29 is 53.4 Å². The minimum absolute atomic E-state index is 0.00950. The number of hydrogen-bond donors (Lipinski definition) is 1.